The van der Waals surface area contributed by atoms with Crippen molar-refractivity contribution < 1.29 is 19.1 Å². The van der Waals surface area contributed by atoms with Crippen molar-refractivity contribution in [3.8, 4) is 0 Å². The average molecular weight is 368 g/mol. The van der Waals surface area contributed by atoms with E-state index in [9.17, 15) is 14.4 Å². The molecule has 0 heterocycles. The number of esters is 1. The first-order valence-electron chi connectivity index (χ1n) is 8.78. The minimum absolute atomic E-state index is 0.187. The fraction of sp³-hybridized carbons (Fsp3) is 0.286. The summed E-state index contributed by atoms with van der Waals surface area (Å²) >= 11 is 0. The quantitative estimate of drug-likeness (QED) is 0.701. The fourth-order valence-electron chi connectivity index (χ4n) is 2.42. The van der Waals surface area contributed by atoms with Gasteiger partial charge in [0.1, 0.15) is 0 Å². The molecule has 2 amide bonds. The zero-order chi connectivity index (χ0) is 19.6. The van der Waals surface area contributed by atoms with Crippen LogP contribution in [0.3, 0.4) is 0 Å². The smallest absolute Gasteiger partial charge is 0.306 e. The molecule has 27 heavy (non-hydrogen) atoms. The lowest BCUT2D eigenvalue weighted by molar-refractivity contribution is -0.148. The Bertz CT molecular complexity index is 803. The van der Waals surface area contributed by atoms with E-state index in [1.54, 1.807) is 6.07 Å². The van der Waals surface area contributed by atoms with Crippen molar-refractivity contribution in [2.75, 3.05) is 18.5 Å². The van der Waals surface area contributed by atoms with Gasteiger partial charge in [-0.2, -0.15) is 0 Å². The van der Waals surface area contributed by atoms with Gasteiger partial charge in [0, 0.05) is 12.1 Å². The maximum atomic E-state index is 11.9. The third-order valence-corrected chi connectivity index (χ3v) is 4.15. The van der Waals surface area contributed by atoms with Gasteiger partial charge in [-0.3, -0.25) is 14.4 Å². The Morgan fingerprint density at radius 2 is 1.67 bits per heavy atom. The molecule has 6 heteroatoms. The summed E-state index contributed by atoms with van der Waals surface area (Å²) in [5.41, 5.74) is 3.78. The Morgan fingerprint density at radius 3 is 2.41 bits per heavy atom. The van der Waals surface area contributed by atoms with E-state index in [4.69, 9.17) is 4.74 Å². The monoisotopic (exact) mass is 368 g/mol. The Kier molecular flexibility index (Phi) is 7.55. The van der Waals surface area contributed by atoms with Crippen LogP contribution in [0.15, 0.2) is 48.5 Å². The number of benzene rings is 2. The van der Waals surface area contributed by atoms with Gasteiger partial charge in [-0.05, 0) is 43.0 Å². The molecule has 0 aromatic heterocycles. The van der Waals surface area contributed by atoms with E-state index in [-0.39, 0.29) is 18.9 Å². The van der Waals surface area contributed by atoms with E-state index < -0.39 is 18.5 Å². The standard InChI is InChI=1S/C21H24N2O4/c1-15-7-6-10-18(16(15)2)23-19(24)13-22-20(25)14-27-21(26)12-11-17-8-4-3-5-9-17/h3-10H,11-14H2,1-2H3,(H,22,25)(H,23,24). The van der Waals surface area contributed by atoms with Gasteiger partial charge in [0.05, 0.1) is 6.54 Å². The molecule has 0 aliphatic rings. The van der Waals surface area contributed by atoms with Crippen molar-refractivity contribution in [3.63, 3.8) is 0 Å². The molecule has 2 rings (SSSR count). The summed E-state index contributed by atoms with van der Waals surface area (Å²) in [4.78, 5) is 35.4. The van der Waals surface area contributed by atoms with Crippen LogP contribution in [0, 0.1) is 13.8 Å². The Hall–Kier alpha value is -3.15. The molecule has 0 fully saturated rings. The maximum Gasteiger partial charge on any atom is 0.306 e. The number of hydrogen-bond donors (Lipinski definition) is 2. The number of carbonyl (C=O) groups is 3. The molecule has 0 spiro atoms. The minimum atomic E-state index is -0.515. The van der Waals surface area contributed by atoms with Crippen molar-refractivity contribution in [1.29, 1.82) is 0 Å². The van der Waals surface area contributed by atoms with Gasteiger partial charge in [0.25, 0.3) is 5.91 Å². The third kappa shape index (κ3) is 6.93. The van der Waals surface area contributed by atoms with Gasteiger partial charge in [0.2, 0.25) is 5.91 Å². The number of hydrogen-bond acceptors (Lipinski definition) is 4. The molecule has 6 nitrogen and oxygen atoms in total. The molecule has 2 aromatic rings. The van der Waals surface area contributed by atoms with Crippen LogP contribution in [-0.4, -0.2) is 30.9 Å². The van der Waals surface area contributed by atoms with Crippen molar-refractivity contribution >= 4 is 23.5 Å². The predicted octanol–water partition coefficient (Wildman–Crippen LogP) is 2.53. The van der Waals surface area contributed by atoms with Crippen LogP contribution in [-0.2, 0) is 25.5 Å². The van der Waals surface area contributed by atoms with E-state index >= 15 is 0 Å². The van der Waals surface area contributed by atoms with Crippen molar-refractivity contribution in [3.05, 3.63) is 65.2 Å². The van der Waals surface area contributed by atoms with Gasteiger partial charge in [-0.25, -0.2) is 0 Å². The summed E-state index contributed by atoms with van der Waals surface area (Å²) in [6.45, 7) is 3.29. The van der Waals surface area contributed by atoms with Crippen LogP contribution >= 0.6 is 0 Å². The Balaban J connectivity index is 1.66. The lowest BCUT2D eigenvalue weighted by atomic mass is 10.1. The molecule has 0 aliphatic carbocycles. The highest BCUT2D eigenvalue weighted by atomic mass is 16.5. The molecule has 0 saturated heterocycles. The fourth-order valence-corrected chi connectivity index (χ4v) is 2.42. The van der Waals surface area contributed by atoms with Crippen LogP contribution in [0.5, 0.6) is 0 Å². The number of anilines is 1. The molecule has 2 N–H and O–H groups in total. The van der Waals surface area contributed by atoms with Crippen LogP contribution in [0.1, 0.15) is 23.1 Å². The van der Waals surface area contributed by atoms with Crippen molar-refractivity contribution in [1.82, 2.24) is 5.32 Å². The van der Waals surface area contributed by atoms with Gasteiger partial charge in [-0.1, -0.05) is 42.5 Å². The Labute approximate surface area is 158 Å². The largest absolute Gasteiger partial charge is 0.456 e. The minimum Gasteiger partial charge on any atom is -0.456 e. The summed E-state index contributed by atoms with van der Waals surface area (Å²) in [7, 11) is 0. The van der Waals surface area contributed by atoms with Crippen molar-refractivity contribution in [2.24, 2.45) is 0 Å². The topological polar surface area (TPSA) is 84.5 Å². The zero-order valence-corrected chi connectivity index (χ0v) is 15.6. The summed E-state index contributed by atoms with van der Waals surface area (Å²) in [6, 6.07) is 15.2. The van der Waals surface area contributed by atoms with Crippen molar-refractivity contribution in [2.45, 2.75) is 26.7 Å². The number of amides is 2. The summed E-state index contributed by atoms with van der Waals surface area (Å²) < 4.78 is 4.93. The number of nitrogens with one attached hydrogen (secondary N) is 2. The zero-order valence-electron chi connectivity index (χ0n) is 15.6. The molecule has 0 aliphatic heterocycles. The van der Waals surface area contributed by atoms with Gasteiger partial charge < -0.3 is 15.4 Å². The van der Waals surface area contributed by atoms with Crippen LogP contribution < -0.4 is 10.6 Å². The molecular formula is C21H24N2O4. The lowest BCUT2D eigenvalue weighted by Crippen LogP contribution is -2.35. The second kappa shape index (κ2) is 10.1. The lowest BCUT2D eigenvalue weighted by Gasteiger charge is -2.11. The van der Waals surface area contributed by atoms with Crippen LogP contribution in [0.2, 0.25) is 0 Å². The third-order valence-electron chi connectivity index (χ3n) is 4.15. The molecule has 0 atom stereocenters. The molecule has 0 unspecified atom stereocenters. The SMILES string of the molecule is Cc1cccc(NC(=O)CNC(=O)COC(=O)CCc2ccccc2)c1C. The summed E-state index contributed by atoms with van der Waals surface area (Å²) in [5, 5.41) is 5.19. The predicted molar refractivity (Wildman–Crippen MR) is 103 cm³/mol. The maximum absolute atomic E-state index is 11.9. The van der Waals surface area contributed by atoms with E-state index in [2.05, 4.69) is 10.6 Å². The first kappa shape index (κ1) is 20.2. The van der Waals surface area contributed by atoms with E-state index in [1.807, 2.05) is 56.3 Å². The highest BCUT2D eigenvalue weighted by Gasteiger charge is 2.10. The molecule has 0 saturated carbocycles. The van der Waals surface area contributed by atoms with Crippen LogP contribution in [0.4, 0.5) is 5.69 Å². The summed E-state index contributed by atoms with van der Waals surface area (Å²) in [6.07, 6.45) is 0.754. The molecule has 0 bridgehead atoms. The summed E-state index contributed by atoms with van der Waals surface area (Å²) in [5.74, 6) is -1.31. The van der Waals surface area contributed by atoms with E-state index in [1.165, 1.54) is 0 Å². The number of rotatable bonds is 8. The average Bonchev–Trinajstić information content (AvgIpc) is 2.67. The molecular weight excluding hydrogens is 344 g/mol. The molecule has 142 valence electrons. The second-order valence-electron chi connectivity index (χ2n) is 6.22. The first-order valence-corrected chi connectivity index (χ1v) is 8.78. The van der Waals surface area contributed by atoms with Gasteiger partial charge in [0.15, 0.2) is 6.61 Å². The Morgan fingerprint density at radius 1 is 0.926 bits per heavy atom. The highest BCUT2D eigenvalue weighted by Crippen LogP contribution is 2.17. The van der Waals surface area contributed by atoms with E-state index in [0.717, 1.165) is 16.7 Å². The second-order valence-corrected chi connectivity index (χ2v) is 6.22. The molecule has 2 aromatic carbocycles. The van der Waals surface area contributed by atoms with Gasteiger partial charge in [-0.15, -0.1) is 0 Å². The van der Waals surface area contributed by atoms with E-state index in [0.29, 0.717) is 12.1 Å². The highest BCUT2D eigenvalue weighted by molar-refractivity contribution is 5.95. The number of carbonyl (C=O) groups excluding carboxylic acids is 3. The number of aryl methyl sites for hydroxylation is 2. The van der Waals surface area contributed by atoms with Gasteiger partial charge >= 0.3 is 5.97 Å². The number of ether oxygens (including phenoxy) is 1. The normalized spacial score (nSPS) is 10.1. The molecule has 0 radical (unpaired) electrons. The van der Waals surface area contributed by atoms with Crippen LogP contribution in [0.25, 0.3) is 0 Å². The first-order chi connectivity index (χ1) is 13.0.